The topological polar surface area (TPSA) is 97.3 Å². The number of ether oxygens (including phenoxy) is 2. The molecule has 9 heteroatoms. The normalized spacial score (nSPS) is 13.3. The highest BCUT2D eigenvalue weighted by Crippen LogP contribution is 2.32. The summed E-state index contributed by atoms with van der Waals surface area (Å²) >= 11 is 0. The number of nitrogens with one attached hydrogen (secondary N) is 1. The predicted molar refractivity (Wildman–Crippen MR) is 111 cm³/mol. The largest absolute Gasteiger partial charge is 0.486 e. The molecule has 0 aliphatic carbocycles. The number of amides is 1. The van der Waals surface area contributed by atoms with Gasteiger partial charge in [-0.25, -0.2) is 13.8 Å². The van der Waals surface area contributed by atoms with Crippen molar-refractivity contribution in [1.29, 1.82) is 0 Å². The van der Waals surface area contributed by atoms with E-state index in [2.05, 4.69) is 10.5 Å². The molecule has 0 saturated carbocycles. The molecular weight excluding hydrogens is 394 g/mol. The Morgan fingerprint density at radius 2 is 1.90 bits per heavy atom. The van der Waals surface area contributed by atoms with E-state index in [-0.39, 0.29) is 6.54 Å². The van der Waals surface area contributed by atoms with Crippen LogP contribution in [-0.4, -0.2) is 46.6 Å². The standard InChI is InChI=1S/C20H23N3O5S/c1-14-6-4-8-17(15(14)2)23(29(3,25)26)13-19(24)22-21-12-16-7-5-9-18-20(16)28-11-10-27-18/h4-9,12H,10-11,13H2,1-3H3,(H,22,24)/b21-12-. The van der Waals surface area contributed by atoms with Crippen molar-refractivity contribution in [2.24, 2.45) is 5.10 Å². The molecule has 0 fully saturated rings. The highest BCUT2D eigenvalue weighted by atomic mass is 32.2. The summed E-state index contributed by atoms with van der Waals surface area (Å²) in [6.07, 6.45) is 2.51. The number of rotatable bonds is 6. The first-order valence-electron chi connectivity index (χ1n) is 9.02. The Hall–Kier alpha value is -3.07. The monoisotopic (exact) mass is 417 g/mol. The van der Waals surface area contributed by atoms with Crippen LogP contribution in [0.3, 0.4) is 0 Å². The lowest BCUT2D eigenvalue weighted by Gasteiger charge is -2.24. The molecule has 1 aliphatic heterocycles. The molecule has 0 unspecified atom stereocenters. The Labute approximate surface area is 170 Å². The van der Waals surface area contributed by atoms with E-state index in [9.17, 15) is 13.2 Å². The second-order valence-corrected chi connectivity index (χ2v) is 8.56. The highest BCUT2D eigenvalue weighted by Gasteiger charge is 2.22. The van der Waals surface area contributed by atoms with Crippen LogP contribution in [-0.2, 0) is 14.8 Å². The Kier molecular flexibility index (Phi) is 6.07. The van der Waals surface area contributed by atoms with Crippen LogP contribution >= 0.6 is 0 Å². The van der Waals surface area contributed by atoms with Crippen LogP contribution in [0.4, 0.5) is 5.69 Å². The van der Waals surface area contributed by atoms with Gasteiger partial charge in [0.1, 0.15) is 19.8 Å². The zero-order valence-electron chi connectivity index (χ0n) is 16.5. The maximum atomic E-state index is 12.4. The second-order valence-electron chi connectivity index (χ2n) is 6.65. The van der Waals surface area contributed by atoms with Crippen LogP contribution in [0.1, 0.15) is 16.7 Å². The van der Waals surface area contributed by atoms with Crippen LogP contribution in [0.25, 0.3) is 0 Å². The number of sulfonamides is 1. The molecule has 0 saturated heterocycles. The van der Waals surface area contributed by atoms with E-state index in [1.54, 1.807) is 30.3 Å². The highest BCUT2D eigenvalue weighted by molar-refractivity contribution is 7.92. The SMILES string of the molecule is Cc1cccc(N(CC(=O)N/N=C\c2cccc3c2OCCO3)S(C)(=O)=O)c1C. The number of hydrogen-bond acceptors (Lipinski definition) is 6. The lowest BCUT2D eigenvalue weighted by molar-refractivity contribution is -0.119. The van der Waals surface area contributed by atoms with Crippen molar-refractivity contribution >= 4 is 27.8 Å². The fourth-order valence-electron chi connectivity index (χ4n) is 2.92. The molecule has 0 atom stereocenters. The fourth-order valence-corrected chi connectivity index (χ4v) is 3.83. The second kappa shape index (κ2) is 8.52. The minimum Gasteiger partial charge on any atom is -0.486 e. The van der Waals surface area contributed by atoms with Crippen LogP contribution in [0, 0.1) is 13.8 Å². The Morgan fingerprint density at radius 1 is 1.17 bits per heavy atom. The number of aryl methyl sites for hydroxylation is 1. The zero-order chi connectivity index (χ0) is 21.0. The molecule has 154 valence electrons. The maximum Gasteiger partial charge on any atom is 0.260 e. The van der Waals surface area contributed by atoms with Crippen molar-refractivity contribution in [1.82, 2.24) is 5.43 Å². The van der Waals surface area contributed by atoms with E-state index < -0.39 is 15.9 Å². The van der Waals surface area contributed by atoms with Gasteiger partial charge in [0, 0.05) is 5.56 Å². The number of hydrogen-bond donors (Lipinski definition) is 1. The van der Waals surface area contributed by atoms with Gasteiger partial charge in [0.05, 0.1) is 18.2 Å². The van der Waals surface area contributed by atoms with Gasteiger partial charge in [0.15, 0.2) is 11.5 Å². The lowest BCUT2D eigenvalue weighted by Crippen LogP contribution is -2.39. The zero-order valence-corrected chi connectivity index (χ0v) is 17.3. The number of carbonyl (C=O) groups excluding carboxylic acids is 1. The molecule has 0 spiro atoms. The quantitative estimate of drug-likeness (QED) is 0.573. The Bertz CT molecular complexity index is 1050. The molecule has 2 aromatic rings. The number of carbonyl (C=O) groups is 1. The van der Waals surface area contributed by atoms with E-state index in [1.807, 2.05) is 19.9 Å². The minimum atomic E-state index is -3.66. The summed E-state index contributed by atoms with van der Waals surface area (Å²) in [6.45, 7) is 4.23. The lowest BCUT2D eigenvalue weighted by atomic mass is 10.1. The summed E-state index contributed by atoms with van der Waals surface area (Å²) in [5, 5.41) is 3.94. The molecule has 0 bridgehead atoms. The van der Waals surface area contributed by atoms with Crippen molar-refractivity contribution in [2.75, 3.05) is 30.3 Å². The van der Waals surface area contributed by atoms with Crippen molar-refractivity contribution in [3.05, 3.63) is 53.1 Å². The Balaban J connectivity index is 1.73. The third-order valence-corrected chi connectivity index (χ3v) is 5.65. The molecule has 8 nitrogen and oxygen atoms in total. The number of hydrazone groups is 1. The number of fused-ring (bicyclic) bond motifs is 1. The van der Waals surface area contributed by atoms with Crippen LogP contribution in [0.2, 0.25) is 0 Å². The van der Waals surface area contributed by atoms with E-state index >= 15 is 0 Å². The van der Waals surface area contributed by atoms with Gasteiger partial charge in [0.2, 0.25) is 10.0 Å². The summed E-state index contributed by atoms with van der Waals surface area (Å²) in [5.41, 5.74) is 5.22. The molecule has 0 aromatic heterocycles. The van der Waals surface area contributed by atoms with Crippen LogP contribution in [0.15, 0.2) is 41.5 Å². The molecule has 3 rings (SSSR count). The molecule has 2 aromatic carbocycles. The van der Waals surface area contributed by atoms with Gasteiger partial charge in [-0.2, -0.15) is 5.10 Å². The van der Waals surface area contributed by atoms with Crippen LogP contribution in [0.5, 0.6) is 11.5 Å². The van der Waals surface area contributed by atoms with Crippen molar-refractivity contribution in [3.63, 3.8) is 0 Å². The van der Waals surface area contributed by atoms with Gasteiger partial charge in [-0.05, 0) is 43.2 Å². The summed E-state index contributed by atoms with van der Waals surface area (Å²) in [6, 6.07) is 10.7. The fraction of sp³-hybridized carbons (Fsp3) is 0.300. The summed E-state index contributed by atoms with van der Waals surface area (Å²) in [7, 11) is -3.66. The number of para-hydroxylation sites is 1. The number of benzene rings is 2. The summed E-state index contributed by atoms with van der Waals surface area (Å²) in [5.74, 6) is 0.615. The van der Waals surface area contributed by atoms with E-state index in [0.717, 1.165) is 21.7 Å². The van der Waals surface area contributed by atoms with Gasteiger partial charge >= 0.3 is 0 Å². The van der Waals surface area contributed by atoms with Gasteiger partial charge in [-0.15, -0.1) is 0 Å². The molecule has 0 radical (unpaired) electrons. The average Bonchev–Trinajstić information content (AvgIpc) is 2.68. The van der Waals surface area contributed by atoms with Gasteiger partial charge in [-0.1, -0.05) is 18.2 Å². The van der Waals surface area contributed by atoms with Gasteiger partial charge in [-0.3, -0.25) is 9.10 Å². The van der Waals surface area contributed by atoms with Gasteiger partial charge < -0.3 is 9.47 Å². The van der Waals surface area contributed by atoms with E-state index in [4.69, 9.17) is 9.47 Å². The van der Waals surface area contributed by atoms with E-state index in [0.29, 0.717) is 36.0 Å². The van der Waals surface area contributed by atoms with Crippen molar-refractivity contribution < 1.29 is 22.7 Å². The first kappa shape index (κ1) is 20.7. The Morgan fingerprint density at radius 3 is 2.66 bits per heavy atom. The molecular formula is C20H23N3O5S. The number of anilines is 1. The number of nitrogens with zero attached hydrogens (tertiary/aromatic N) is 2. The smallest absolute Gasteiger partial charge is 0.260 e. The molecule has 1 heterocycles. The third-order valence-electron chi connectivity index (χ3n) is 4.52. The predicted octanol–water partition coefficient (Wildman–Crippen LogP) is 1.99. The summed E-state index contributed by atoms with van der Waals surface area (Å²) in [4.78, 5) is 12.4. The minimum absolute atomic E-state index is 0.382. The summed E-state index contributed by atoms with van der Waals surface area (Å²) < 4.78 is 36.7. The first-order chi connectivity index (χ1) is 13.8. The van der Waals surface area contributed by atoms with Crippen molar-refractivity contribution in [3.8, 4) is 11.5 Å². The van der Waals surface area contributed by atoms with E-state index in [1.165, 1.54) is 6.21 Å². The first-order valence-corrected chi connectivity index (χ1v) is 10.9. The third kappa shape index (κ3) is 4.86. The maximum absolute atomic E-state index is 12.4. The molecule has 29 heavy (non-hydrogen) atoms. The molecule has 1 amide bonds. The van der Waals surface area contributed by atoms with Crippen molar-refractivity contribution in [2.45, 2.75) is 13.8 Å². The van der Waals surface area contributed by atoms with Gasteiger partial charge in [0.25, 0.3) is 5.91 Å². The van der Waals surface area contributed by atoms with Crippen LogP contribution < -0.4 is 19.2 Å². The average molecular weight is 417 g/mol. The molecule has 1 aliphatic rings. The molecule has 1 N–H and O–H groups in total.